The first-order valence-electron chi connectivity index (χ1n) is 7.24. The highest BCUT2D eigenvalue weighted by molar-refractivity contribution is 5.99. The third-order valence-electron chi connectivity index (χ3n) is 3.39. The molecule has 0 radical (unpaired) electrons. The maximum absolute atomic E-state index is 12.3. The van der Waals surface area contributed by atoms with E-state index in [2.05, 4.69) is 10.1 Å². The summed E-state index contributed by atoms with van der Waals surface area (Å²) in [6.45, 7) is 0.213. The van der Waals surface area contributed by atoms with E-state index in [9.17, 15) is 9.59 Å². The van der Waals surface area contributed by atoms with Crippen LogP contribution in [0, 0.1) is 0 Å². The summed E-state index contributed by atoms with van der Waals surface area (Å²) >= 11 is 0. The molecule has 0 saturated heterocycles. The first-order valence-corrected chi connectivity index (χ1v) is 7.24. The van der Waals surface area contributed by atoms with Crippen molar-refractivity contribution in [3.8, 4) is 16.9 Å². The Morgan fingerprint density at radius 2 is 1.74 bits per heavy atom. The van der Waals surface area contributed by atoms with Crippen molar-refractivity contribution in [3.05, 3.63) is 54.1 Å². The van der Waals surface area contributed by atoms with Crippen molar-refractivity contribution < 1.29 is 19.1 Å². The van der Waals surface area contributed by atoms with E-state index >= 15 is 0 Å². The standard InChI is InChI=1S/C18H19NO4/c1-22-16(20)11-12-19-18(21)15-10-6-9-14(17(15)23-2)13-7-4-3-5-8-13/h3-10H,11-12H2,1-2H3,(H,19,21). The Bertz CT molecular complexity index is 683. The topological polar surface area (TPSA) is 64.6 Å². The summed E-state index contributed by atoms with van der Waals surface area (Å²) in [5.41, 5.74) is 2.24. The fraction of sp³-hybridized carbons (Fsp3) is 0.222. The molecule has 0 aliphatic carbocycles. The van der Waals surface area contributed by atoms with Gasteiger partial charge in [0.25, 0.3) is 5.91 Å². The van der Waals surface area contributed by atoms with Crippen molar-refractivity contribution in [1.29, 1.82) is 0 Å². The molecule has 0 atom stereocenters. The van der Waals surface area contributed by atoms with E-state index in [-0.39, 0.29) is 24.8 Å². The van der Waals surface area contributed by atoms with Crippen LogP contribution in [0.3, 0.4) is 0 Å². The van der Waals surface area contributed by atoms with Crippen LogP contribution in [0.15, 0.2) is 48.5 Å². The number of rotatable bonds is 6. The van der Waals surface area contributed by atoms with Crippen LogP contribution < -0.4 is 10.1 Å². The molecule has 0 unspecified atom stereocenters. The van der Waals surface area contributed by atoms with Crippen molar-refractivity contribution in [1.82, 2.24) is 5.32 Å². The molecule has 0 saturated carbocycles. The fourth-order valence-corrected chi connectivity index (χ4v) is 2.26. The van der Waals surface area contributed by atoms with E-state index in [1.165, 1.54) is 14.2 Å². The predicted octanol–water partition coefficient (Wildman–Crippen LogP) is 2.66. The molecule has 0 spiro atoms. The van der Waals surface area contributed by atoms with Crippen LogP contribution in [-0.4, -0.2) is 32.6 Å². The summed E-state index contributed by atoms with van der Waals surface area (Å²) in [4.78, 5) is 23.4. The van der Waals surface area contributed by atoms with Crippen LogP contribution in [-0.2, 0) is 9.53 Å². The number of esters is 1. The Balaban J connectivity index is 2.22. The highest BCUT2D eigenvalue weighted by atomic mass is 16.5. The number of ether oxygens (including phenoxy) is 2. The van der Waals surface area contributed by atoms with Gasteiger partial charge < -0.3 is 14.8 Å². The molecule has 2 rings (SSSR count). The van der Waals surface area contributed by atoms with Crippen molar-refractivity contribution in [2.75, 3.05) is 20.8 Å². The third-order valence-corrected chi connectivity index (χ3v) is 3.39. The second kappa shape index (κ2) is 7.98. The van der Waals surface area contributed by atoms with Gasteiger partial charge in [-0.25, -0.2) is 0 Å². The second-order valence-corrected chi connectivity index (χ2v) is 4.83. The zero-order valence-corrected chi connectivity index (χ0v) is 13.2. The van der Waals surface area contributed by atoms with Gasteiger partial charge in [0, 0.05) is 12.1 Å². The zero-order chi connectivity index (χ0) is 16.7. The van der Waals surface area contributed by atoms with E-state index in [0.29, 0.717) is 11.3 Å². The molecule has 2 aromatic rings. The summed E-state index contributed by atoms with van der Waals surface area (Å²) in [5, 5.41) is 2.70. The lowest BCUT2D eigenvalue weighted by molar-refractivity contribution is -0.140. The molecule has 1 N–H and O–H groups in total. The molecule has 120 valence electrons. The zero-order valence-electron chi connectivity index (χ0n) is 13.2. The van der Waals surface area contributed by atoms with E-state index in [0.717, 1.165) is 11.1 Å². The highest BCUT2D eigenvalue weighted by Crippen LogP contribution is 2.32. The van der Waals surface area contributed by atoms with Gasteiger partial charge in [-0.1, -0.05) is 42.5 Å². The molecule has 23 heavy (non-hydrogen) atoms. The van der Waals surface area contributed by atoms with Gasteiger partial charge in [-0.15, -0.1) is 0 Å². The van der Waals surface area contributed by atoms with Crippen LogP contribution in [0.25, 0.3) is 11.1 Å². The minimum Gasteiger partial charge on any atom is -0.495 e. The van der Waals surface area contributed by atoms with Crippen molar-refractivity contribution in [2.45, 2.75) is 6.42 Å². The first kappa shape index (κ1) is 16.5. The Hall–Kier alpha value is -2.82. The fourth-order valence-electron chi connectivity index (χ4n) is 2.26. The molecule has 0 heterocycles. The maximum Gasteiger partial charge on any atom is 0.307 e. The average molecular weight is 313 g/mol. The monoisotopic (exact) mass is 313 g/mol. The van der Waals surface area contributed by atoms with E-state index in [1.807, 2.05) is 36.4 Å². The Morgan fingerprint density at radius 3 is 2.39 bits per heavy atom. The van der Waals surface area contributed by atoms with Gasteiger partial charge in [0.15, 0.2) is 0 Å². The number of amides is 1. The molecular formula is C18H19NO4. The molecular weight excluding hydrogens is 294 g/mol. The van der Waals surface area contributed by atoms with E-state index < -0.39 is 0 Å². The molecule has 0 aliphatic heterocycles. The van der Waals surface area contributed by atoms with Crippen LogP contribution in [0.4, 0.5) is 0 Å². The summed E-state index contributed by atoms with van der Waals surface area (Å²) in [6, 6.07) is 15.1. The lowest BCUT2D eigenvalue weighted by Crippen LogP contribution is -2.26. The maximum atomic E-state index is 12.3. The minimum absolute atomic E-state index is 0.128. The van der Waals surface area contributed by atoms with Gasteiger partial charge in [-0.2, -0.15) is 0 Å². The van der Waals surface area contributed by atoms with Crippen molar-refractivity contribution in [2.24, 2.45) is 0 Å². The van der Waals surface area contributed by atoms with E-state index in [1.54, 1.807) is 12.1 Å². The van der Waals surface area contributed by atoms with Gasteiger partial charge in [-0.05, 0) is 11.6 Å². The van der Waals surface area contributed by atoms with E-state index in [4.69, 9.17) is 4.74 Å². The van der Waals surface area contributed by atoms with Crippen molar-refractivity contribution in [3.63, 3.8) is 0 Å². The van der Waals surface area contributed by atoms with Gasteiger partial charge in [-0.3, -0.25) is 9.59 Å². The summed E-state index contributed by atoms with van der Waals surface area (Å²) in [5.74, 6) is -0.145. The van der Waals surface area contributed by atoms with Crippen LogP contribution in [0.1, 0.15) is 16.8 Å². The number of para-hydroxylation sites is 1. The Kier molecular flexibility index (Phi) is 5.74. The molecule has 0 aliphatic rings. The second-order valence-electron chi connectivity index (χ2n) is 4.83. The van der Waals surface area contributed by atoms with Crippen LogP contribution in [0.2, 0.25) is 0 Å². The summed E-state index contributed by atoms with van der Waals surface area (Å²) in [7, 11) is 2.85. The number of hydrogen-bond acceptors (Lipinski definition) is 4. The lowest BCUT2D eigenvalue weighted by Gasteiger charge is -2.13. The van der Waals surface area contributed by atoms with Gasteiger partial charge >= 0.3 is 5.97 Å². The largest absolute Gasteiger partial charge is 0.495 e. The first-order chi connectivity index (χ1) is 11.2. The van der Waals surface area contributed by atoms with Crippen LogP contribution in [0.5, 0.6) is 5.75 Å². The smallest absolute Gasteiger partial charge is 0.307 e. The number of methoxy groups -OCH3 is 2. The van der Waals surface area contributed by atoms with Gasteiger partial charge in [0.05, 0.1) is 26.2 Å². The number of benzene rings is 2. The summed E-state index contributed by atoms with van der Waals surface area (Å²) in [6.07, 6.45) is 0.128. The number of nitrogens with one attached hydrogen (secondary N) is 1. The van der Waals surface area contributed by atoms with Crippen molar-refractivity contribution >= 4 is 11.9 Å². The van der Waals surface area contributed by atoms with Gasteiger partial charge in [0.1, 0.15) is 5.75 Å². The lowest BCUT2D eigenvalue weighted by atomic mass is 10.0. The Morgan fingerprint density at radius 1 is 1.00 bits per heavy atom. The molecule has 0 fully saturated rings. The average Bonchev–Trinajstić information content (AvgIpc) is 2.61. The molecule has 0 bridgehead atoms. The molecule has 2 aromatic carbocycles. The molecule has 5 nitrogen and oxygen atoms in total. The minimum atomic E-state index is -0.365. The SMILES string of the molecule is COC(=O)CCNC(=O)c1cccc(-c2ccccc2)c1OC. The quantitative estimate of drug-likeness (QED) is 0.833. The summed E-state index contributed by atoms with van der Waals surface area (Å²) < 4.78 is 9.99. The molecule has 0 aromatic heterocycles. The molecule has 1 amide bonds. The highest BCUT2D eigenvalue weighted by Gasteiger charge is 2.16. The third kappa shape index (κ3) is 4.10. The number of hydrogen-bond donors (Lipinski definition) is 1. The normalized spacial score (nSPS) is 10.0. The Labute approximate surface area is 135 Å². The van der Waals surface area contributed by atoms with Gasteiger partial charge in [0.2, 0.25) is 0 Å². The van der Waals surface area contributed by atoms with Crippen LogP contribution >= 0.6 is 0 Å². The predicted molar refractivity (Wildman–Crippen MR) is 87.4 cm³/mol. The molecule has 5 heteroatoms. The number of carbonyl (C=O) groups is 2. The number of carbonyl (C=O) groups excluding carboxylic acids is 2.